The highest BCUT2D eigenvalue weighted by molar-refractivity contribution is 5.75. The van der Waals surface area contributed by atoms with Gasteiger partial charge in [0.25, 0.3) is 5.79 Å². The monoisotopic (exact) mass is 238 g/mol. The number of carboxylic acids is 1. The van der Waals surface area contributed by atoms with Gasteiger partial charge in [-0.15, -0.1) is 0 Å². The summed E-state index contributed by atoms with van der Waals surface area (Å²) in [5, 5.41) is 54.4. The minimum atomic E-state index is -2.58. The zero-order valence-corrected chi connectivity index (χ0v) is 8.22. The number of aliphatic hydroxyl groups excluding tert-OH is 4. The van der Waals surface area contributed by atoms with Gasteiger partial charge in [-0.25, -0.2) is 4.79 Å². The van der Waals surface area contributed by atoms with Gasteiger partial charge in [0, 0.05) is 6.42 Å². The van der Waals surface area contributed by atoms with Gasteiger partial charge < -0.3 is 35.4 Å². The van der Waals surface area contributed by atoms with Crippen LogP contribution in [0.1, 0.15) is 6.42 Å². The van der Waals surface area contributed by atoms with E-state index in [4.69, 9.17) is 15.3 Å². The van der Waals surface area contributed by atoms with Crippen molar-refractivity contribution in [1.82, 2.24) is 0 Å². The lowest BCUT2D eigenvalue weighted by molar-refractivity contribution is -0.230. The van der Waals surface area contributed by atoms with Gasteiger partial charge in [0.05, 0.1) is 12.7 Å². The minimum absolute atomic E-state index is 0.623. The second-order valence-electron chi connectivity index (χ2n) is 3.68. The van der Waals surface area contributed by atoms with E-state index in [0.717, 1.165) is 0 Å². The highest BCUT2D eigenvalue weighted by Crippen LogP contribution is 2.31. The number of carboxylic acid groups (broad SMARTS) is 1. The lowest BCUT2D eigenvalue weighted by Crippen LogP contribution is -2.46. The second kappa shape index (κ2) is 4.62. The van der Waals surface area contributed by atoms with Crippen LogP contribution in [-0.2, 0) is 9.53 Å². The molecule has 6 N–H and O–H groups in total. The van der Waals surface area contributed by atoms with E-state index in [9.17, 15) is 20.1 Å². The normalized spacial score (nSPS) is 38.3. The summed E-state index contributed by atoms with van der Waals surface area (Å²) < 4.78 is 4.59. The van der Waals surface area contributed by atoms with Crippen molar-refractivity contribution >= 4 is 5.97 Å². The standard InChI is InChI=1S/C8H14O8/c9-2-4(11)5(12)6-3(10)1-8(15,16-6)7(13)14/h3-6,9-12,15H,1-2H2,(H,13,14)/t3-,4+,5+,6-,8?/m0/s1. The lowest BCUT2D eigenvalue weighted by Gasteiger charge is -2.24. The van der Waals surface area contributed by atoms with E-state index >= 15 is 0 Å². The Morgan fingerprint density at radius 3 is 2.44 bits per heavy atom. The van der Waals surface area contributed by atoms with Crippen LogP contribution in [0, 0.1) is 0 Å². The van der Waals surface area contributed by atoms with Gasteiger partial charge >= 0.3 is 5.97 Å². The smallest absolute Gasteiger partial charge is 0.364 e. The molecule has 1 aliphatic rings. The first-order valence-electron chi connectivity index (χ1n) is 4.60. The van der Waals surface area contributed by atoms with E-state index in [1.807, 2.05) is 0 Å². The fourth-order valence-corrected chi connectivity index (χ4v) is 1.51. The Bertz CT molecular complexity index is 269. The van der Waals surface area contributed by atoms with E-state index < -0.39 is 49.2 Å². The highest BCUT2D eigenvalue weighted by atomic mass is 16.7. The summed E-state index contributed by atoms with van der Waals surface area (Å²) in [5.41, 5.74) is 0. The number of hydrogen-bond donors (Lipinski definition) is 6. The van der Waals surface area contributed by atoms with Crippen LogP contribution in [0.2, 0.25) is 0 Å². The van der Waals surface area contributed by atoms with Crippen molar-refractivity contribution < 1.29 is 40.2 Å². The summed E-state index contributed by atoms with van der Waals surface area (Å²) in [4.78, 5) is 10.6. The van der Waals surface area contributed by atoms with E-state index in [2.05, 4.69) is 4.74 Å². The molecule has 0 saturated carbocycles. The molecule has 0 bridgehead atoms. The highest BCUT2D eigenvalue weighted by Gasteiger charge is 2.53. The van der Waals surface area contributed by atoms with Crippen LogP contribution in [0.3, 0.4) is 0 Å². The molecule has 0 aromatic heterocycles. The Hall–Kier alpha value is -0.770. The number of ether oxygens (including phenoxy) is 1. The summed E-state index contributed by atoms with van der Waals surface area (Å²) in [6.45, 7) is -0.779. The van der Waals surface area contributed by atoms with Crippen LogP contribution in [-0.4, -0.2) is 73.4 Å². The number of carbonyl (C=O) groups is 1. The molecule has 0 radical (unpaired) electrons. The van der Waals surface area contributed by atoms with Crippen molar-refractivity contribution in [1.29, 1.82) is 0 Å². The van der Waals surface area contributed by atoms with E-state index in [1.54, 1.807) is 0 Å². The van der Waals surface area contributed by atoms with Crippen molar-refractivity contribution in [2.45, 2.75) is 36.6 Å². The van der Waals surface area contributed by atoms with Gasteiger partial charge in [0.15, 0.2) is 0 Å². The molecule has 1 rings (SSSR count). The molecule has 16 heavy (non-hydrogen) atoms. The number of aliphatic hydroxyl groups is 5. The van der Waals surface area contributed by atoms with Crippen LogP contribution < -0.4 is 0 Å². The first-order chi connectivity index (χ1) is 7.31. The maximum atomic E-state index is 10.6. The maximum absolute atomic E-state index is 10.6. The van der Waals surface area contributed by atoms with Crippen LogP contribution >= 0.6 is 0 Å². The molecular weight excluding hydrogens is 224 g/mol. The van der Waals surface area contributed by atoms with Gasteiger partial charge in [-0.05, 0) is 0 Å². The molecule has 0 amide bonds. The van der Waals surface area contributed by atoms with Crippen molar-refractivity contribution in [3.8, 4) is 0 Å². The Kier molecular flexibility index (Phi) is 3.84. The predicted molar refractivity (Wildman–Crippen MR) is 47.2 cm³/mol. The third kappa shape index (κ3) is 2.32. The zero-order valence-electron chi connectivity index (χ0n) is 8.22. The molecule has 1 heterocycles. The Balaban J connectivity index is 2.75. The molecule has 1 saturated heterocycles. The fourth-order valence-electron chi connectivity index (χ4n) is 1.51. The molecular formula is C8H14O8. The van der Waals surface area contributed by atoms with Crippen molar-refractivity contribution in [3.63, 3.8) is 0 Å². The van der Waals surface area contributed by atoms with Crippen molar-refractivity contribution in [3.05, 3.63) is 0 Å². The third-order valence-corrected chi connectivity index (χ3v) is 2.45. The van der Waals surface area contributed by atoms with Gasteiger partial charge in [-0.3, -0.25) is 0 Å². The number of aliphatic carboxylic acids is 1. The largest absolute Gasteiger partial charge is 0.477 e. The van der Waals surface area contributed by atoms with Gasteiger partial charge in [-0.2, -0.15) is 0 Å². The first kappa shape index (κ1) is 13.3. The Labute approximate surface area is 90.3 Å². The molecule has 0 aliphatic carbocycles. The number of hydrogen-bond acceptors (Lipinski definition) is 7. The first-order valence-corrected chi connectivity index (χ1v) is 4.60. The summed E-state index contributed by atoms with van der Waals surface area (Å²) >= 11 is 0. The van der Waals surface area contributed by atoms with E-state index in [0.29, 0.717) is 0 Å². The van der Waals surface area contributed by atoms with E-state index in [-0.39, 0.29) is 0 Å². The van der Waals surface area contributed by atoms with Crippen LogP contribution in [0.15, 0.2) is 0 Å². The summed E-state index contributed by atoms with van der Waals surface area (Å²) in [5.74, 6) is -4.28. The zero-order chi connectivity index (χ0) is 12.5. The Morgan fingerprint density at radius 2 is 2.06 bits per heavy atom. The van der Waals surface area contributed by atoms with Gasteiger partial charge in [0.2, 0.25) is 0 Å². The predicted octanol–water partition coefficient (Wildman–Crippen LogP) is -3.38. The lowest BCUT2D eigenvalue weighted by atomic mass is 10.0. The third-order valence-electron chi connectivity index (χ3n) is 2.45. The molecule has 8 nitrogen and oxygen atoms in total. The molecule has 0 aromatic carbocycles. The molecule has 0 aromatic rings. The fraction of sp³-hybridized carbons (Fsp3) is 0.875. The van der Waals surface area contributed by atoms with Crippen LogP contribution in [0.4, 0.5) is 0 Å². The molecule has 94 valence electrons. The molecule has 0 spiro atoms. The number of rotatable bonds is 4. The molecule has 1 unspecified atom stereocenters. The van der Waals surface area contributed by atoms with Gasteiger partial charge in [-0.1, -0.05) is 0 Å². The molecule has 1 fully saturated rings. The second-order valence-corrected chi connectivity index (χ2v) is 3.68. The quantitative estimate of drug-likeness (QED) is 0.297. The molecule has 8 heteroatoms. The van der Waals surface area contributed by atoms with Crippen molar-refractivity contribution in [2.24, 2.45) is 0 Å². The van der Waals surface area contributed by atoms with Crippen molar-refractivity contribution in [2.75, 3.05) is 6.61 Å². The van der Waals surface area contributed by atoms with Crippen LogP contribution in [0.5, 0.6) is 0 Å². The molecule has 5 atom stereocenters. The average Bonchev–Trinajstić information content (AvgIpc) is 2.53. The topological polar surface area (TPSA) is 148 Å². The maximum Gasteiger partial charge on any atom is 0.364 e. The van der Waals surface area contributed by atoms with Gasteiger partial charge in [0.1, 0.15) is 18.3 Å². The van der Waals surface area contributed by atoms with E-state index in [1.165, 1.54) is 0 Å². The summed E-state index contributed by atoms with van der Waals surface area (Å²) in [6.07, 6.45) is -6.81. The molecule has 1 aliphatic heterocycles. The SMILES string of the molecule is O=C(O)C1(O)C[C@H](O)[C@@H]([C@H](O)[C@H](O)CO)O1. The van der Waals surface area contributed by atoms with Crippen LogP contribution in [0.25, 0.3) is 0 Å². The summed E-state index contributed by atoms with van der Waals surface area (Å²) in [6, 6.07) is 0. The average molecular weight is 238 g/mol. The Morgan fingerprint density at radius 1 is 1.50 bits per heavy atom. The summed E-state index contributed by atoms with van der Waals surface area (Å²) in [7, 11) is 0. The minimum Gasteiger partial charge on any atom is -0.477 e.